The first-order chi connectivity index (χ1) is 7.86. The van der Waals surface area contributed by atoms with Crippen molar-refractivity contribution in [2.24, 2.45) is 0 Å². The molecule has 3 aromatic heterocycles. The summed E-state index contributed by atoms with van der Waals surface area (Å²) in [6.07, 6.45) is 5.70. The smallest absolute Gasteiger partial charge is 0.136 e. The van der Waals surface area contributed by atoms with Gasteiger partial charge in [0.25, 0.3) is 0 Å². The van der Waals surface area contributed by atoms with Crippen LogP contribution in [0.1, 0.15) is 10.4 Å². The van der Waals surface area contributed by atoms with Crippen molar-refractivity contribution >= 4 is 17.0 Å². The van der Waals surface area contributed by atoms with E-state index < -0.39 is 0 Å². The molecule has 0 aliphatic rings. The van der Waals surface area contributed by atoms with Gasteiger partial charge in [-0.3, -0.25) is 0 Å². The molecule has 3 rings (SSSR count). The second-order valence-corrected chi connectivity index (χ2v) is 4.47. The van der Waals surface area contributed by atoms with Crippen LogP contribution in [0.2, 0.25) is 0 Å². The van der Waals surface area contributed by atoms with E-state index in [2.05, 4.69) is 15.7 Å². The van der Waals surface area contributed by atoms with Crippen molar-refractivity contribution in [3.05, 3.63) is 46.5 Å². The molecule has 0 bridgehead atoms. The normalized spacial score (nSPS) is 10.7. The van der Waals surface area contributed by atoms with Gasteiger partial charge in [-0.05, 0) is 6.07 Å². The molecular weight excluding hydrogens is 220 g/mol. The zero-order valence-corrected chi connectivity index (χ0v) is 9.18. The average Bonchev–Trinajstić information content (AvgIpc) is 2.97. The minimum atomic E-state index is 0.733. The van der Waals surface area contributed by atoms with Gasteiger partial charge in [-0.25, -0.2) is 4.52 Å². The Morgan fingerprint density at radius 1 is 1.44 bits per heavy atom. The number of nitrogens with zero attached hydrogens (tertiary/aromatic N) is 4. The third kappa shape index (κ3) is 1.40. The van der Waals surface area contributed by atoms with Crippen LogP contribution >= 0.6 is 11.3 Å². The Bertz CT molecular complexity index is 667. The maximum Gasteiger partial charge on any atom is 0.136 e. The Hall–Kier alpha value is -2.06. The molecule has 0 amide bonds. The van der Waals surface area contributed by atoms with E-state index in [0.29, 0.717) is 0 Å². The molecule has 0 atom stereocenters. The molecule has 0 saturated heterocycles. The maximum absolute atomic E-state index is 8.75. The predicted octanol–water partition coefficient (Wildman–Crippen LogP) is 2.12. The molecule has 0 aliphatic carbocycles. The molecule has 3 heterocycles. The number of imidazole rings is 1. The van der Waals surface area contributed by atoms with Crippen LogP contribution in [0, 0.1) is 11.3 Å². The van der Waals surface area contributed by atoms with Crippen LogP contribution in [0.25, 0.3) is 5.65 Å². The lowest BCUT2D eigenvalue weighted by atomic mass is 10.3. The van der Waals surface area contributed by atoms with Crippen molar-refractivity contribution in [3.63, 3.8) is 0 Å². The van der Waals surface area contributed by atoms with Crippen LogP contribution in [-0.2, 0) is 6.54 Å². The van der Waals surface area contributed by atoms with E-state index in [-0.39, 0.29) is 0 Å². The summed E-state index contributed by atoms with van der Waals surface area (Å²) in [6.45, 7) is 0.786. The lowest BCUT2D eigenvalue weighted by molar-refractivity contribution is 0.838. The quantitative estimate of drug-likeness (QED) is 0.674. The standard InChI is InChI=1S/C11H8N4S/c12-6-9-5-10(16-8-9)7-14-3-4-15-11(14)1-2-13-15/h1-5,8H,7H2. The largest absolute Gasteiger partial charge is 0.326 e. The second kappa shape index (κ2) is 3.51. The summed E-state index contributed by atoms with van der Waals surface area (Å²) >= 11 is 1.61. The van der Waals surface area contributed by atoms with Crippen molar-refractivity contribution in [2.45, 2.75) is 6.54 Å². The van der Waals surface area contributed by atoms with Crippen molar-refractivity contribution in [2.75, 3.05) is 0 Å². The van der Waals surface area contributed by atoms with Gasteiger partial charge in [-0.1, -0.05) is 0 Å². The molecule has 0 radical (unpaired) electrons. The number of thiophene rings is 1. The average molecular weight is 228 g/mol. The van der Waals surface area contributed by atoms with E-state index in [1.807, 2.05) is 34.4 Å². The van der Waals surface area contributed by atoms with Crippen molar-refractivity contribution < 1.29 is 0 Å². The molecule has 0 saturated carbocycles. The summed E-state index contributed by atoms with van der Waals surface area (Å²) in [5.41, 5.74) is 1.79. The maximum atomic E-state index is 8.75. The van der Waals surface area contributed by atoms with Crippen LogP contribution in [0.5, 0.6) is 0 Å². The highest BCUT2D eigenvalue weighted by Crippen LogP contribution is 2.16. The highest BCUT2D eigenvalue weighted by atomic mass is 32.1. The topological polar surface area (TPSA) is 46.0 Å². The molecular formula is C11H8N4S. The molecule has 0 aromatic carbocycles. The van der Waals surface area contributed by atoms with E-state index in [9.17, 15) is 0 Å². The number of hydrogen-bond donors (Lipinski definition) is 0. The third-order valence-corrected chi connectivity index (χ3v) is 3.36. The Morgan fingerprint density at radius 3 is 3.19 bits per heavy atom. The van der Waals surface area contributed by atoms with Gasteiger partial charge in [0.15, 0.2) is 0 Å². The minimum Gasteiger partial charge on any atom is -0.326 e. The Labute approximate surface area is 96.0 Å². The number of nitriles is 1. The van der Waals surface area contributed by atoms with Gasteiger partial charge in [0.2, 0.25) is 0 Å². The summed E-state index contributed by atoms with van der Waals surface area (Å²) in [5.74, 6) is 0. The first-order valence-electron chi connectivity index (χ1n) is 4.83. The fraction of sp³-hybridized carbons (Fsp3) is 0.0909. The number of aromatic nitrogens is 3. The number of hydrogen-bond acceptors (Lipinski definition) is 3. The fourth-order valence-corrected chi connectivity index (χ4v) is 2.50. The highest BCUT2D eigenvalue weighted by molar-refractivity contribution is 7.10. The first kappa shape index (κ1) is 9.19. The zero-order valence-electron chi connectivity index (χ0n) is 8.37. The third-order valence-electron chi connectivity index (χ3n) is 2.44. The van der Waals surface area contributed by atoms with Crippen molar-refractivity contribution in [1.29, 1.82) is 5.26 Å². The SMILES string of the molecule is N#Cc1csc(Cn2ccn3nccc23)c1. The van der Waals surface area contributed by atoms with Gasteiger partial charge in [0.1, 0.15) is 11.7 Å². The summed E-state index contributed by atoms with van der Waals surface area (Å²) in [6, 6.07) is 6.04. The first-order valence-corrected chi connectivity index (χ1v) is 5.71. The van der Waals surface area contributed by atoms with E-state index in [1.165, 1.54) is 4.88 Å². The van der Waals surface area contributed by atoms with Crippen LogP contribution in [-0.4, -0.2) is 14.2 Å². The molecule has 0 aliphatic heterocycles. The molecule has 0 spiro atoms. The van der Waals surface area contributed by atoms with Gasteiger partial charge < -0.3 is 4.57 Å². The summed E-state index contributed by atoms with van der Waals surface area (Å²) in [4.78, 5) is 1.18. The Balaban J connectivity index is 1.95. The van der Waals surface area contributed by atoms with Gasteiger partial charge >= 0.3 is 0 Å². The van der Waals surface area contributed by atoms with Gasteiger partial charge in [0.05, 0.1) is 18.3 Å². The monoisotopic (exact) mass is 228 g/mol. The molecule has 4 nitrogen and oxygen atoms in total. The van der Waals surface area contributed by atoms with E-state index in [1.54, 1.807) is 17.5 Å². The zero-order chi connectivity index (χ0) is 11.0. The molecule has 5 heteroatoms. The van der Waals surface area contributed by atoms with Crippen LogP contribution < -0.4 is 0 Å². The van der Waals surface area contributed by atoms with Crippen LogP contribution in [0.15, 0.2) is 36.1 Å². The van der Waals surface area contributed by atoms with Crippen LogP contribution in [0.4, 0.5) is 0 Å². The lowest BCUT2D eigenvalue weighted by Gasteiger charge is -1.99. The number of fused-ring (bicyclic) bond motifs is 1. The van der Waals surface area contributed by atoms with E-state index >= 15 is 0 Å². The highest BCUT2D eigenvalue weighted by Gasteiger charge is 2.04. The fourth-order valence-electron chi connectivity index (χ4n) is 1.69. The van der Waals surface area contributed by atoms with Gasteiger partial charge in [-0.15, -0.1) is 11.3 Å². The molecule has 0 fully saturated rings. The Kier molecular flexibility index (Phi) is 2.01. The Morgan fingerprint density at radius 2 is 2.38 bits per heavy atom. The van der Waals surface area contributed by atoms with Gasteiger partial charge in [-0.2, -0.15) is 10.4 Å². The van der Waals surface area contributed by atoms with E-state index in [4.69, 9.17) is 5.26 Å². The molecule has 78 valence electrons. The molecule has 3 aromatic rings. The molecule has 0 unspecified atom stereocenters. The van der Waals surface area contributed by atoms with Crippen LogP contribution in [0.3, 0.4) is 0 Å². The van der Waals surface area contributed by atoms with Crippen molar-refractivity contribution in [3.8, 4) is 6.07 Å². The predicted molar refractivity (Wildman–Crippen MR) is 61.3 cm³/mol. The summed E-state index contributed by atoms with van der Waals surface area (Å²) in [5, 5.41) is 14.8. The molecule has 0 N–H and O–H groups in total. The van der Waals surface area contributed by atoms with Gasteiger partial charge in [0, 0.05) is 28.7 Å². The minimum absolute atomic E-state index is 0.733. The van der Waals surface area contributed by atoms with E-state index in [0.717, 1.165) is 17.8 Å². The lowest BCUT2D eigenvalue weighted by Crippen LogP contribution is -1.95. The second-order valence-electron chi connectivity index (χ2n) is 3.47. The summed E-state index contributed by atoms with van der Waals surface area (Å²) in [7, 11) is 0. The van der Waals surface area contributed by atoms with Crippen molar-refractivity contribution in [1.82, 2.24) is 14.2 Å². The summed E-state index contributed by atoms with van der Waals surface area (Å²) < 4.78 is 3.94. The molecule has 16 heavy (non-hydrogen) atoms. The number of rotatable bonds is 2.